The fourth-order valence-electron chi connectivity index (χ4n) is 3.06. The van der Waals surface area contributed by atoms with Gasteiger partial charge in [0, 0.05) is 12.8 Å². The zero-order chi connectivity index (χ0) is 11.8. The van der Waals surface area contributed by atoms with Crippen LogP contribution in [0.5, 0.6) is 0 Å². The van der Waals surface area contributed by atoms with Gasteiger partial charge in [-0.15, -0.1) is 0 Å². The molecule has 1 aliphatic carbocycles. The zero-order valence-corrected chi connectivity index (χ0v) is 11.2. The third kappa shape index (κ3) is 2.60. The van der Waals surface area contributed by atoms with Gasteiger partial charge < -0.3 is 9.47 Å². The van der Waals surface area contributed by atoms with Gasteiger partial charge in [-0.05, 0) is 37.5 Å². The van der Waals surface area contributed by atoms with Crippen molar-refractivity contribution in [1.29, 1.82) is 0 Å². The molecule has 2 rings (SSSR count). The SMILES string of the molecule is C[C@@H]1CCOC2(CCC(C(C)(C)C)CC2)O1. The molecule has 1 saturated carbocycles. The summed E-state index contributed by atoms with van der Waals surface area (Å²) in [5.41, 5.74) is 0.432. The Hall–Kier alpha value is -0.0800. The summed E-state index contributed by atoms with van der Waals surface area (Å²) in [5, 5.41) is 0. The molecular weight excluding hydrogens is 200 g/mol. The Morgan fingerprint density at radius 1 is 1.06 bits per heavy atom. The third-order valence-corrected chi connectivity index (χ3v) is 4.28. The minimum atomic E-state index is -0.223. The summed E-state index contributed by atoms with van der Waals surface area (Å²) in [6.45, 7) is 10.1. The molecule has 0 amide bonds. The molecule has 2 nitrogen and oxygen atoms in total. The largest absolute Gasteiger partial charge is 0.350 e. The second-order valence-corrected chi connectivity index (χ2v) is 6.62. The Kier molecular flexibility index (Phi) is 3.33. The predicted molar refractivity (Wildman–Crippen MR) is 65.3 cm³/mol. The maximum Gasteiger partial charge on any atom is 0.168 e. The second-order valence-electron chi connectivity index (χ2n) is 6.62. The molecule has 2 aliphatic rings. The molecule has 0 N–H and O–H groups in total. The van der Waals surface area contributed by atoms with E-state index in [1.807, 2.05) is 0 Å². The molecule has 1 aliphatic heterocycles. The quantitative estimate of drug-likeness (QED) is 0.626. The highest BCUT2D eigenvalue weighted by atomic mass is 16.7. The lowest BCUT2D eigenvalue weighted by Crippen LogP contribution is -2.47. The molecule has 1 heterocycles. The molecule has 0 bridgehead atoms. The smallest absolute Gasteiger partial charge is 0.168 e. The van der Waals surface area contributed by atoms with Crippen LogP contribution in [0.25, 0.3) is 0 Å². The average molecular weight is 226 g/mol. The van der Waals surface area contributed by atoms with Gasteiger partial charge in [-0.1, -0.05) is 20.8 Å². The number of hydrogen-bond acceptors (Lipinski definition) is 2. The monoisotopic (exact) mass is 226 g/mol. The minimum absolute atomic E-state index is 0.223. The van der Waals surface area contributed by atoms with Crippen LogP contribution in [0.15, 0.2) is 0 Å². The van der Waals surface area contributed by atoms with E-state index in [2.05, 4.69) is 27.7 Å². The normalized spacial score (nSPS) is 41.2. The van der Waals surface area contributed by atoms with Crippen LogP contribution in [0.4, 0.5) is 0 Å². The summed E-state index contributed by atoms with van der Waals surface area (Å²) in [5.74, 6) is 0.599. The standard InChI is InChI=1S/C14H26O2/c1-11-7-10-15-14(16-11)8-5-12(6-9-14)13(2,3)4/h11-12H,5-10H2,1-4H3/t11-,12?,14?/m1/s1. The van der Waals surface area contributed by atoms with E-state index >= 15 is 0 Å². The fraction of sp³-hybridized carbons (Fsp3) is 1.00. The average Bonchev–Trinajstić information content (AvgIpc) is 2.16. The topological polar surface area (TPSA) is 18.5 Å². The highest BCUT2D eigenvalue weighted by Gasteiger charge is 2.42. The third-order valence-electron chi connectivity index (χ3n) is 4.28. The first kappa shape index (κ1) is 12.4. The van der Waals surface area contributed by atoms with E-state index in [0.717, 1.165) is 31.8 Å². The molecule has 0 unspecified atom stereocenters. The molecule has 2 heteroatoms. The molecule has 0 aromatic heterocycles. The highest BCUT2D eigenvalue weighted by Crippen LogP contribution is 2.44. The first-order valence-corrected chi connectivity index (χ1v) is 6.73. The highest BCUT2D eigenvalue weighted by molar-refractivity contribution is 4.87. The molecule has 1 atom stereocenters. The van der Waals surface area contributed by atoms with Crippen LogP contribution in [0, 0.1) is 11.3 Å². The zero-order valence-electron chi connectivity index (χ0n) is 11.2. The van der Waals surface area contributed by atoms with Crippen molar-refractivity contribution in [2.24, 2.45) is 11.3 Å². The van der Waals surface area contributed by atoms with Crippen molar-refractivity contribution in [1.82, 2.24) is 0 Å². The first-order valence-electron chi connectivity index (χ1n) is 6.73. The Morgan fingerprint density at radius 3 is 2.19 bits per heavy atom. The van der Waals surface area contributed by atoms with E-state index < -0.39 is 0 Å². The van der Waals surface area contributed by atoms with Crippen molar-refractivity contribution in [2.45, 2.75) is 71.7 Å². The summed E-state index contributed by atoms with van der Waals surface area (Å²) in [6.07, 6.45) is 6.08. The molecule has 2 fully saturated rings. The lowest BCUT2D eigenvalue weighted by atomic mass is 9.71. The van der Waals surface area contributed by atoms with Gasteiger partial charge in [-0.25, -0.2) is 0 Å². The van der Waals surface area contributed by atoms with Crippen LogP contribution in [-0.2, 0) is 9.47 Å². The van der Waals surface area contributed by atoms with Crippen LogP contribution in [0.2, 0.25) is 0 Å². The van der Waals surface area contributed by atoms with Crippen molar-refractivity contribution in [3.63, 3.8) is 0 Å². The maximum atomic E-state index is 6.05. The van der Waals surface area contributed by atoms with E-state index in [1.54, 1.807) is 0 Å². The summed E-state index contributed by atoms with van der Waals surface area (Å²) < 4.78 is 12.0. The van der Waals surface area contributed by atoms with Crippen LogP contribution in [-0.4, -0.2) is 18.5 Å². The van der Waals surface area contributed by atoms with Gasteiger partial charge in [0.2, 0.25) is 0 Å². The number of ether oxygens (including phenoxy) is 2. The summed E-state index contributed by atoms with van der Waals surface area (Å²) in [6, 6.07) is 0. The Labute approximate surface area is 99.7 Å². The van der Waals surface area contributed by atoms with Gasteiger partial charge in [-0.2, -0.15) is 0 Å². The molecule has 94 valence electrons. The Bertz CT molecular complexity index is 234. The molecule has 0 aromatic carbocycles. The van der Waals surface area contributed by atoms with Gasteiger partial charge >= 0.3 is 0 Å². The Balaban J connectivity index is 1.93. The Morgan fingerprint density at radius 2 is 1.69 bits per heavy atom. The van der Waals surface area contributed by atoms with Crippen LogP contribution < -0.4 is 0 Å². The van der Waals surface area contributed by atoms with Crippen molar-refractivity contribution in [3.05, 3.63) is 0 Å². The molecule has 16 heavy (non-hydrogen) atoms. The first-order chi connectivity index (χ1) is 7.41. The second kappa shape index (κ2) is 4.30. The van der Waals surface area contributed by atoms with Crippen molar-refractivity contribution >= 4 is 0 Å². The van der Waals surface area contributed by atoms with Crippen LogP contribution in [0.3, 0.4) is 0 Å². The van der Waals surface area contributed by atoms with Crippen LogP contribution >= 0.6 is 0 Å². The maximum absolute atomic E-state index is 6.05. The van der Waals surface area contributed by atoms with E-state index in [4.69, 9.17) is 9.47 Å². The molecule has 0 aromatic rings. The molecule has 1 spiro atoms. The van der Waals surface area contributed by atoms with Gasteiger partial charge in [0.1, 0.15) is 0 Å². The number of rotatable bonds is 0. The lowest BCUT2D eigenvalue weighted by Gasteiger charge is -2.46. The van der Waals surface area contributed by atoms with Crippen molar-refractivity contribution in [3.8, 4) is 0 Å². The molecular formula is C14H26O2. The fourth-order valence-corrected chi connectivity index (χ4v) is 3.06. The van der Waals surface area contributed by atoms with E-state index in [1.165, 1.54) is 12.8 Å². The van der Waals surface area contributed by atoms with E-state index in [9.17, 15) is 0 Å². The van der Waals surface area contributed by atoms with Gasteiger partial charge in [-0.3, -0.25) is 0 Å². The molecule has 0 radical (unpaired) electrons. The number of hydrogen-bond donors (Lipinski definition) is 0. The van der Waals surface area contributed by atoms with Crippen molar-refractivity contribution in [2.75, 3.05) is 6.61 Å². The van der Waals surface area contributed by atoms with Gasteiger partial charge in [0.05, 0.1) is 12.7 Å². The van der Waals surface area contributed by atoms with E-state index in [0.29, 0.717) is 11.5 Å². The lowest BCUT2D eigenvalue weighted by molar-refractivity contribution is -0.306. The van der Waals surface area contributed by atoms with Gasteiger partial charge in [0.25, 0.3) is 0 Å². The summed E-state index contributed by atoms with van der Waals surface area (Å²) in [7, 11) is 0. The molecule has 1 saturated heterocycles. The predicted octanol–water partition coefficient (Wildman–Crippen LogP) is 3.74. The summed E-state index contributed by atoms with van der Waals surface area (Å²) >= 11 is 0. The summed E-state index contributed by atoms with van der Waals surface area (Å²) in [4.78, 5) is 0. The minimum Gasteiger partial charge on any atom is -0.350 e. The van der Waals surface area contributed by atoms with Crippen LogP contribution in [0.1, 0.15) is 59.8 Å². The van der Waals surface area contributed by atoms with Gasteiger partial charge in [0.15, 0.2) is 5.79 Å². The van der Waals surface area contributed by atoms with E-state index in [-0.39, 0.29) is 5.79 Å². The van der Waals surface area contributed by atoms with Crippen molar-refractivity contribution < 1.29 is 9.47 Å².